The number of benzene rings is 1. The van der Waals surface area contributed by atoms with Gasteiger partial charge in [0.05, 0.1) is 5.69 Å². The summed E-state index contributed by atoms with van der Waals surface area (Å²) < 4.78 is 0. The molecule has 2 rings (SSSR count). The van der Waals surface area contributed by atoms with Crippen LogP contribution in [0.25, 0.3) is 0 Å². The molecule has 3 heteroatoms. The van der Waals surface area contributed by atoms with Crippen LogP contribution in [0.4, 0.5) is 0 Å². The minimum Gasteiger partial charge on any atom is -0.329 e. The van der Waals surface area contributed by atoms with E-state index in [-0.39, 0.29) is 5.92 Å². The minimum absolute atomic E-state index is 0.157. The molecule has 0 spiro atoms. The van der Waals surface area contributed by atoms with Gasteiger partial charge in [-0.25, -0.2) is 9.97 Å². The molecule has 16 heavy (non-hydrogen) atoms. The number of hydrogen-bond acceptors (Lipinski definition) is 3. The second kappa shape index (κ2) is 4.86. The van der Waals surface area contributed by atoms with Crippen molar-refractivity contribution in [2.24, 2.45) is 5.73 Å². The molecule has 0 radical (unpaired) electrons. The zero-order chi connectivity index (χ0) is 11.4. The van der Waals surface area contributed by atoms with Crippen molar-refractivity contribution in [3.63, 3.8) is 0 Å². The van der Waals surface area contributed by atoms with E-state index in [9.17, 15) is 0 Å². The molecular formula is C13H15N3. The predicted molar refractivity (Wildman–Crippen MR) is 64.1 cm³/mol. The summed E-state index contributed by atoms with van der Waals surface area (Å²) in [6.07, 6.45) is 3.32. The number of nitrogens with two attached hydrogens (primary N) is 1. The molecule has 82 valence electrons. The molecule has 0 bridgehead atoms. The maximum absolute atomic E-state index is 5.85. The lowest BCUT2D eigenvalue weighted by Gasteiger charge is -2.16. The fraction of sp³-hybridized carbons (Fsp3) is 0.231. The Hall–Kier alpha value is -1.74. The first-order valence-electron chi connectivity index (χ1n) is 5.34. The molecule has 0 saturated heterocycles. The molecule has 1 atom stereocenters. The molecule has 1 aromatic carbocycles. The highest BCUT2D eigenvalue weighted by atomic mass is 14.8. The van der Waals surface area contributed by atoms with Gasteiger partial charge < -0.3 is 5.73 Å². The molecule has 0 aliphatic carbocycles. The zero-order valence-electron chi connectivity index (χ0n) is 9.30. The van der Waals surface area contributed by atoms with Crippen molar-refractivity contribution in [3.8, 4) is 0 Å². The van der Waals surface area contributed by atoms with Gasteiger partial charge in [-0.15, -0.1) is 0 Å². The first-order chi connectivity index (χ1) is 7.83. The quantitative estimate of drug-likeness (QED) is 0.846. The van der Waals surface area contributed by atoms with E-state index in [2.05, 4.69) is 29.0 Å². The largest absolute Gasteiger partial charge is 0.329 e. The molecular weight excluding hydrogens is 198 g/mol. The van der Waals surface area contributed by atoms with Gasteiger partial charge in [0.15, 0.2) is 0 Å². The third kappa shape index (κ3) is 2.09. The summed E-state index contributed by atoms with van der Waals surface area (Å²) in [5, 5.41) is 0. The first kappa shape index (κ1) is 10.8. The molecule has 0 saturated carbocycles. The highest BCUT2D eigenvalue weighted by Gasteiger charge is 2.14. The first-order valence-corrected chi connectivity index (χ1v) is 5.34. The number of nitrogens with zero attached hydrogens (tertiary/aromatic N) is 2. The second-order valence-corrected chi connectivity index (χ2v) is 3.78. The van der Waals surface area contributed by atoms with Crippen LogP contribution in [0.15, 0.2) is 42.9 Å². The van der Waals surface area contributed by atoms with Crippen LogP contribution in [0.1, 0.15) is 22.7 Å². The van der Waals surface area contributed by atoms with Crippen LogP contribution in [0, 0.1) is 6.92 Å². The Morgan fingerprint density at radius 1 is 1.25 bits per heavy atom. The van der Waals surface area contributed by atoms with E-state index < -0.39 is 0 Å². The molecule has 0 amide bonds. The highest BCUT2D eigenvalue weighted by molar-refractivity contribution is 5.34. The van der Waals surface area contributed by atoms with Crippen molar-refractivity contribution in [1.29, 1.82) is 0 Å². The van der Waals surface area contributed by atoms with Gasteiger partial charge >= 0.3 is 0 Å². The molecule has 2 aromatic rings. The Balaban J connectivity index is 2.41. The van der Waals surface area contributed by atoms with Gasteiger partial charge in [0.2, 0.25) is 0 Å². The normalized spacial score (nSPS) is 12.4. The molecule has 3 nitrogen and oxygen atoms in total. The highest BCUT2D eigenvalue weighted by Crippen LogP contribution is 2.24. The summed E-state index contributed by atoms with van der Waals surface area (Å²) in [5.41, 5.74) is 9.31. The van der Waals surface area contributed by atoms with Crippen LogP contribution >= 0.6 is 0 Å². The topological polar surface area (TPSA) is 51.8 Å². The van der Waals surface area contributed by atoms with Crippen molar-refractivity contribution in [1.82, 2.24) is 9.97 Å². The van der Waals surface area contributed by atoms with E-state index in [4.69, 9.17) is 5.73 Å². The van der Waals surface area contributed by atoms with Gasteiger partial charge in [-0.05, 0) is 24.1 Å². The van der Waals surface area contributed by atoms with E-state index in [1.54, 1.807) is 12.5 Å². The van der Waals surface area contributed by atoms with E-state index in [0.717, 1.165) is 5.69 Å². The van der Waals surface area contributed by atoms with Gasteiger partial charge in [-0.2, -0.15) is 0 Å². The smallest absolute Gasteiger partial charge is 0.115 e. The molecule has 2 N–H and O–H groups in total. The third-order valence-corrected chi connectivity index (χ3v) is 2.76. The maximum atomic E-state index is 5.85. The number of aromatic nitrogens is 2. The van der Waals surface area contributed by atoms with Crippen LogP contribution in [0.5, 0.6) is 0 Å². The molecule has 1 unspecified atom stereocenters. The second-order valence-electron chi connectivity index (χ2n) is 3.78. The van der Waals surface area contributed by atoms with Crippen LogP contribution in [-0.4, -0.2) is 16.5 Å². The SMILES string of the molecule is Cc1ccccc1C(CN)c1ccncn1. The zero-order valence-corrected chi connectivity index (χ0v) is 9.30. The van der Waals surface area contributed by atoms with Crippen molar-refractivity contribution in [2.75, 3.05) is 6.54 Å². The van der Waals surface area contributed by atoms with Crippen molar-refractivity contribution in [3.05, 3.63) is 59.7 Å². The monoisotopic (exact) mass is 213 g/mol. The summed E-state index contributed by atoms with van der Waals surface area (Å²) in [4.78, 5) is 8.20. The van der Waals surface area contributed by atoms with E-state index in [0.29, 0.717) is 6.54 Å². The van der Waals surface area contributed by atoms with Crippen molar-refractivity contribution in [2.45, 2.75) is 12.8 Å². The van der Waals surface area contributed by atoms with Crippen molar-refractivity contribution >= 4 is 0 Å². The summed E-state index contributed by atoms with van der Waals surface area (Å²) in [5.74, 6) is 0.157. The Morgan fingerprint density at radius 2 is 2.06 bits per heavy atom. The van der Waals surface area contributed by atoms with Crippen LogP contribution in [0.2, 0.25) is 0 Å². The lowest BCUT2D eigenvalue weighted by molar-refractivity contribution is 0.776. The fourth-order valence-electron chi connectivity index (χ4n) is 1.89. The Kier molecular flexibility index (Phi) is 3.27. The molecule has 0 fully saturated rings. The molecule has 1 heterocycles. The average molecular weight is 213 g/mol. The van der Waals surface area contributed by atoms with Gasteiger partial charge in [0, 0.05) is 18.7 Å². The number of rotatable bonds is 3. The molecule has 0 aliphatic heterocycles. The average Bonchev–Trinajstić information content (AvgIpc) is 2.34. The van der Waals surface area contributed by atoms with Crippen LogP contribution < -0.4 is 5.73 Å². The minimum atomic E-state index is 0.157. The number of aryl methyl sites for hydroxylation is 1. The van der Waals surface area contributed by atoms with E-state index in [1.807, 2.05) is 18.2 Å². The summed E-state index contributed by atoms with van der Waals surface area (Å²) >= 11 is 0. The third-order valence-electron chi connectivity index (χ3n) is 2.76. The lowest BCUT2D eigenvalue weighted by Crippen LogP contribution is -2.16. The van der Waals surface area contributed by atoms with E-state index >= 15 is 0 Å². The molecule has 1 aromatic heterocycles. The van der Waals surface area contributed by atoms with Crippen LogP contribution in [0.3, 0.4) is 0 Å². The Labute approximate surface area is 95.4 Å². The summed E-state index contributed by atoms with van der Waals surface area (Å²) in [6, 6.07) is 10.2. The van der Waals surface area contributed by atoms with Gasteiger partial charge in [-0.1, -0.05) is 24.3 Å². The standard InChI is InChI=1S/C13H15N3/c1-10-4-2-3-5-11(10)12(8-14)13-6-7-15-9-16-13/h2-7,9,12H,8,14H2,1H3. The summed E-state index contributed by atoms with van der Waals surface area (Å²) in [7, 11) is 0. The lowest BCUT2D eigenvalue weighted by atomic mass is 9.92. The maximum Gasteiger partial charge on any atom is 0.115 e. The fourth-order valence-corrected chi connectivity index (χ4v) is 1.89. The van der Waals surface area contributed by atoms with Crippen molar-refractivity contribution < 1.29 is 0 Å². The number of hydrogen-bond donors (Lipinski definition) is 1. The van der Waals surface area contributed by atoms with E-state index in [1.165, 1.54) is 11.1 Å². The van der Waals surface area contributed by atoms with Gasteiger partial charge in [-0.3, -0.25) is 0 Å². The Morgan fingerprint density at radius 3 is 2.69 bits per heavy atom. The molecule has 0 aliphatic rings. The van der Waals surface area contributed by atoms with Gasteiger partial charge in [0.1, 0.15) is 6.33 Å². The predicted octanol–water partition coefficient (Wildman–Crippen LogP) is 1.88. The summed E-state index contributed by atoms with van der Waals surface area (Å²) in [6.45, 7) is 2.65. The Bertz CT molecular complexity index is 454. The van der Waals surface area contributed by atoms with Crippen LogP contribution in [-0.2, 0) is 0 Å². The van der Waals surface area contributed by atoms with Gasteiger partial charge in [0.25, 0.3) is 0 Å².